The van der Waals surface area contributed by atoms with Crippen LogP contribution in [0.3, 0.4) is 0 Å². The molecule has 0 spiro atoms. The van der Waals surface area contributed by atoms with Crippen LogP contribution in [0.15, 0.2) is 83.8 Å². The Kier molecular flexibility index (Phi) is 5.83. The molecule has 0 bridgehead atoms. The van der Waals surface area contributed by atoms with Crippen molar-refractivity contribution in [1.82, 2.24) is 5.32 Å². The van der Waals surface area contributed by atoms with Crippen LogP contribution in [-0.4, -0.2) is 14.3 Å². The lowest BCUT2D eigenvalue weighted by atomic mass is 9.63. The fraction of sp³-hybridized carbons (Fsp3) is 0.240. The van der Waals surface area contributed by atoms with E-state index in [1.54, 1.807) is 36.4 Å². The van der Waals surface area contributed by atoms with Crippen molar-refractivity contribution in [1.29, 1.82) is 0 Å². The standard InChI is InChI=1S/C25H26N2O3S/c1-19-8-14-23(15-9-19)31(29,30)27-22-12-10-21(11-13-22)25(16-5-17-25)24(28)26-18-20-6-3-2-4-7-20/h2-4,6-15,27H,5,16-18H2,1H3,(H,26,28). The maximum absolute atomic E-state index is 13.0. The van der Waals surface area contributed by atoms with Gasteiger partial charge in [-0.3, -0.25) is 9.52 Å². The molecule has 2 N–H and O–H groups in total. The third-order valence-corrected chi connectivity index (χ3v) is 7.36. The van der Waals surface area contributed by atoms with Crippen molar-refractivity contribution in [2.75, 3.05) is 4.72 Å². The molecule has 0 unspecified atom stereocenters. The molecule has 160 valence electrons. The molecule has 6 heteroatoms. The van der Waals surface area contributed by atoms with E-state index in [-0.39, 0.29) is 10.8 Å². The average molecular weight is 435 g/mol. The Hall–Kier alpha value is -3.12. The van der Waals surface area contributed by atoms with Crippen LogP contribution in [0.4, 0.5) is 5.69 Å². The largest absolute Gasteiger partial charge is 0.351 e. The summed E-state index contributed by atoms with van der Waals surface area (Å²) in [6.45, 7) is 2.41. The van der Waals surface area contributed by atoms with Gasteiger partial charge in [0.05, 0.1) is 10.3 Å². The van der Waals surface area contributed by atoms with E-state index in [4.69, 9.17) is 0 Å². The number of hydrogen-bond acceptors (Lipinski definition) is 3. The zero-order valence-corrected chi connectivity index (χ0v) is 18.3. The lowest BCUT2D eigenvalue weighted by molar-refractivity contribution is -0.130. The lowest BCUT2D eigenvalue weighted by Gasteiger charge is -2.40. The van der Waals surface area contributed by atoms with E-state index in [1.807, 2.05) is 49.4 Å². The van der Waals surface area contributed by atoms with Gasteiger partial charge in [0.25, 0.3) is 10.0 Å². The van der Waals surface area contributed by atoms with Crippen LogP contribution in [-0.2, 0) is 26.8 Å². The molecule has 0 saturated heterocycles. The Morgan fingerprint density at radius 2 is 1.55 bits per heavy atom. The van der Waals surface area contributed by atoms with Gasteiger partial charge >= 0.3 is 0 Å². The van der Waals surface area contributed by atoms with E-state index in [0.29, 0.717) is 12.2 Å². The Morgan fingerprint density at radius 1 is 0.903 bits per heavy atom. The first kappa shape index (κ1) is 21.1. The first-order chi connectivity index (χ1) is 14.9. The molecule has 0 heterocycles. The van der Waals surface area contributed by atoms with E-state index in [0.717, 1.165) is 36.0 Å². The predicted octanol–water partition coefficient (Wildman–Crippen LogP) is 4.53. The van der Waals surface area contributed by atoms with Crippen molar-refractivity contribution in [2.45, 2.75) is 43.0 Å². The quantitative estimate of drug-likeness (QED) is 0.574. The van der Waals surface area contributed by atoms with Gasteiger partial charge in [-0.05, 0) is 55.2 Å². The maximum atomic E-state index is 13.0. The third kappa shape index (κ3) is 4.49. The summed E-state index contributed by atoms with van der Waals surface area (Å²) >= 11 is 0. The second-order valence-electron chi connectivity index (χ2n) is 8.10. The highest BCUT2D eigenvalue weighted by Gasteiger charge is 2.45. The Balaban J connectivity index is 1.47. The van der Waals surface area contributed by atoms with Gasteiger partial charge < -0.3 is 5.32 Å². The van der Waals surface area contributed by atoms with Gasteiger partial charge in [0.1, 0.15) is 0 Å². The van der Waals surface area contributed by atoms with Gasteiger partial charge in [-0.25, -0.2) is 8.42 Å². The smallest absolute Gasteiger partial charge is 0.261 e. The Morgan fingerprint density at radius 3 is 2.13 bits per heavy atom. The highest BCUT2D eigenvalue weighted by Crippen LogP contribution is 2.44. The maximum Gasteiger partial charge on any atom is 0.261 e. The van der Waals surface area contributed by atoms with E-state index in [9.17, 15) is 13.2 Å². The van der Waals surface area contributed by atoms with Crippen LogP contribution in [0.5, 0.6) is 0 Å². The summed E-state index contributed by atoms with van der Waals surface area (Å²) in [5.74, 6) is 0.0237. The first-order valence-corrected chi connectivity index (χ1v) is 11.9. The topological polar surface area (TPSA) is 75.3 Å². The minimum atomic E-state index is -3.65. The molecule has 0 aliphatic heterocycles. The van der Waals surface area contributed by atoms with E-state index in [1.165, 1.54) is 0 Å². The van der Waals surface area contributed by atoms with Crippen molar-refractivity contribution in [3.05, 3.63) is 95.6 Å². The molecule has 0 aromatic heterocycles. The molecule has 1 aliphatic rings. The minimum absolute atomic E-state index is 0.0237. The zero-order chi connectivity index (χ0) is 21.9. The zero-order valence-electron chi connectivity index (χ0n) is 17.5. The number of carbonyl (C=O) groups is 1. The predicted molar refractivity (Wildman–Crippen MR) is 122 cm³/mol. The number of hydrogen-bond donors (Lipinski definition) is 2. The fourth-order valence-electron chi connectivity index (χ4n) is 3.91. The summed E-state index contributed by atoms with van der Waals surface area (Å²) in [5.41, 5.74) is 2.92. The van der Waals surface area contributed by atoms with E-state index >= 15 is 0 Å². The molecular weight excluding hydrogens is 408 g/mol. The monoisotopic (exact) mass is 434 g/mol. The Bertz CT molecular complexity index is 1150. The number of nitrogens with one attached hydrogen (secondary N) is 2. The van der Waals surface area contributed by atoms with E-state index in [2.05, 4.69) is 10.0 Å². The molecule has 0 radical (unpaired) electrons. The van der Waals surface area contributed by atoms with Crippen LogP contribution in [0, 0.1) is 6.92 Å². The molecular formula is C25H26N2O3S. The van der Waals surface area contributed by atoms with Crippen molar-refractivity contribution in [2.24, 2.45) is 0 Å². The van der Waals surface area contributed by atoms with Crippen molar-refractivity contribution in [3.63, 3.8) is 0 Å². The summed E-state index contributed by atoms with van der Waals surface area (Å²) in [4.78, 5) is 13.2. The number of rotatable bonds is 7. The summed E-state index contributed by atoms with van der Waals surface area (Å²) < 4.78 is 27.8. The number of sulfonamides is 1. The van der Waals surface area contributed by atoms with Gasteiger partial charge in [0.15, 0.2) is 0 Å². The second kappa shape index (κ2) is 8.55. The second-order valence-corrected chi connectivity index (χ2v) is 9.78. The SMILES string of the molecule is Cc1ccc(S(=O)(=O)Nc2ccc(C3(C(=O)NCc4ccccc4)CCC3)cc2)cc1. The molecule has 3 aromatic carbocycles. The van der Waals surface area contributed by atoms with Gasteiger partial charge in [-0.15, -0.1) is 0 Å². The molecule has 4 rings (SSSR count). The number of amides is 1. The summed E-state index contributed by atoms with van der Waals surface area (Å²) in [6.07, 6.45) is 2.59. The highest BCUT2D eigenvalue weighted by molar-refractivity contribution is 7.92. The normalized spacial score (nSPS) is 15.0. The molecule has 1 saturated carbocycles. The molecule has 31 heavy (non-hydrogen) atoms. The summed E-state index contributed by atoms with van der Waals surface area (Å²) in [6, 6.07) is 23.7. The number of benzene rings is 3. The first-order valence-electron chi connectivity index (χ1n) is 10.4. The Labute approximate surface area is 183 Å². The average Bonchev–Trinajstić information content (AvgIpc) is 2.73. The van der Waals surface area contributed by atoms with Crippen LogP contribution in [0.2, 0.25) is 0 Å². The minimum Gasteiger partial charge on any atom is -0.351 e. The van der Waals surface area contributed by atoms with Gasteiger partial charge in [0.2, 0.25) is 5.91 Å². The van der Waals surface area contributed by atoms with Crippen LogP contribution in [0.25, 0.3) is 0 Å². The van der Waals surface area contributed by atoms with E-state index < -0.39 is 15.4 Å². The van der Waals surface area contributed by atoms with Crippen LogP contribution < -0.4 is 10.0 Å². The van der Waals surface area contributed by atoms with Gasteiger partial charge in [0, 0.05) is 12.2 Å². The summed E-state index contributed by atoms with van der Waals surface area (Å²) in [5, 5.41) is 3.07. The fourth-order valence-corrected chi connectivity index (χ4v) is 4.97. The summed E-state index contributed by atoms with van der Waals surface area (Å²) in [7, 11) is -3.65. The molecule has 5 nitrogen and oxygen atoms in total. The molecule has 3 aromatic rings. The molecule has 1 aliphatic carbocycles. The van der Waals surface area contributed by atoms with Crippen molar-refractivity contribution < 1.29 is 13.2 Å². The van der Waals surface area contributed by atoms with Gasteiger partial charge in [-0.2, -0.15) is 0 Å². The number of anilines is 1. The van der Waals surface area contributed by atoms with Crippen LogP contribution in [0.1, 0.15) is 36.0 Å². The lowest BCUT2D eigenvalue weighted by Crippen LogP contribution is -2.48. The highest BCUT2D eigenvalue weighted by atomic mass is 32.2. The third-order valence-electron chi connectivity index (χ3n) is 5.96. The van der Waals surface area contributed by atoms with Crippen molar-refractivity contribution in [3.8, 4) is 0 Å². The van der Waals surface area contributed by atoms with Gasteiger partial charge in [-0.1, -0.05) is 66.6 Å². The van der Waals surface area contributed by atoms with Crippen molar-refractivity contribution >= 4 is 21.6 Å². The number of aryl methyl sites for hydroxylation is 1. The molecule has 1 fully saturated rings. The number of carbonyl (C=O) groups excluding carboxylic acids is 1. The van der Waals surface area contributed by atoms with Crippen LogP contribution >= 0.6 is 0 Å². The molecule has 0 atom stereocenters. The molecule has 1 amide bonds.